The van der Waals surface area contributed by atoms with Crippen molar-refractivity contribution in [3.05, 3.63) is 29.8 Å². The Hall–Kier alpha value is -1.49. The first-order valence-electron chi connectivity index (χ1n) is 6.49. The van der Waals surface area contributed by atoms with E-state index in [4.69, 9.17) is 5.26 Å². The summed E-state index contributed by atoms with van der Waals surface area (Å²) in [4.78, 5) is 2.26. The Bertz CT molecular complexity index is 348. The second-order valence-corrected chi connectivity index (χ2v) is 4.49. The van der Waals surface area contributed by atoms with E-state index in [1.165, 1.54) is 37.8 Å². The van der Waals surface area contributed by atoms with Gasteiger partial charge in [-0.25, -0.2) is 0 Å². The van der Waals surface area contributed by atoms with Crippen molar-refractivity contribution in [1.82, 2.24) is 0 Å². The lowest BCUT2D eigenvalue weighted by molar-refractivity contribution is 0.629. The van der Waals surface area contributed by atoms with E-state index < -0.39 is 0 Å². The molecule has 2 nitrogen and oxygen atoms in total. The maximum atomic E-state index is 8.73. The smallest absolute Gasteiger partial charge is 0.0991 e. The predicted octanol–water partition coefficient (Wildman–Crippen LogP) is 3.96. The summed E-state index contributed by atoms with van der Waals surface area (Å²) in [5.41, 5.74) is 1.92. The van der Waals surface area contributed by atoms with E-state index in [2.05, 4.69) is 24.9 Å². The van der Waals surface area contributed by atoms with Gasteiger partial charge in [-0.1, -0.05) is 32.6 Å². The fourth-order valence-corrected chi connectivity index (χ4v) is 1.87. The SMILES string of the molecule is CCCCCCCN(C)c1ccc(C#N)cc1. The van der Waals surface area contributed by atoms with Gasteiger partial charge in [-0.05, 0) is 30.7 Å². The third-order valence-electron chi connectivity index (χ3n) is 3.03. The topological polar surface area (TPSA) is 27.0 Å². The summed E-state index contributed by atoms with van der Waals surface area (Å²) in [5, 5.41) is 8.73. The largest absolute Gasteiger partial charge is 0.375 e. The number of rotatable bonds is 7. The number of hydrogen-bond acceptors (Lipinski definition) is 2. The molecule has 2 heteroatoms. The first-order valence-corrected chi connectivity index (χ1v) is 6.49. The average Bonchev–Trinajstić information content (AvgIpc) is 2.38. The molecule has 0 spiro atoms. The van der Waals surface area contributed by atoms with Crippen LogP contribution in [0, 0.1) is 11.3 Å². The highest BCUT2D eigenvalue weighted by Gasteiger charge is 2.00. The van der Waals surface area contributed by atoms with Crippen molar-refractivity contribution in [2.75, 3.05) is 18.5 Å². The highest BCUT2D eigenvalue weighted by Crippen LogP contribution is 2.14. The fraction of sp³-hybridized carbons (Fsp3) is 0.533. The van der Waals surface area contributed by atoms with E-state index in [0.717, 1.165) is 12.1 Å². The van der Waals surface area contributed by atoms with E-state index in [1.807, 2.05) is 24.3 Å². The molecule has 1 aromatic rings. The van der Waals surface area contributed by atoms with Gasteiger partial charge in [-0.2, -0.15) is 5.26 Å². The molecule has 0 aromatic heterocycles. The van der Waals surface area contributed by atoms with Gasteiger partial charge in [-0.15, -0.1) is 0 Å². The lowest BCUT2D eigenvalue weighted by atomic mass is 10.1. The zero-order valence-corrected chi connectivity index (χ0v) is 10.9. The normalized spacial score (nSPS) is 9.94. The van der Waals surface area contributed by atoms with Crippen LogP contribution in [0.4, 0.5) is 5.69 Å². The van der Waals surface area contributed by atoms with Gasteiger partial charge in [0.15, 0.2) is 0 Å². The van der Waals surface area contributed by atoms with Crippen molar-refractivity contribution >= 4 is 5.69 Å². The summed E-state index contributed by atoms with van der Waals surface area (Å²) < 4.78 is 0. The Morgan fingerprint density at radius 3 is 2.29 bits per heavy atom. The highest BCUT2D eigenvalue weighted by atomic mass is 15.1. The number of anilines is 1. The van der Waals surface area contributed by atoms with Gasteiger partial charge in [-0.3, -0.25) is 0 Å². The summed E-state index contributed by atoms with van der Waals surface area (Å²) in [6, 6.07) is 9.93. The minimum Gasteiger partial charge on any atom is -0.375 e. The molecule has 0 heterocycles. The average molecular weight is 230 g/mol. The molecule has 0 atom stereocenters. The van der Waals surface area contributed by atoms with Crippen LogP contribution < -0.4 is 4.90 Å². The van der Waals surface area contributed by atoms with Crippen LogP contribution >= 0.6 is 0 Å². The predicted molar refractivity (Wildman–Crippen MR) is 73.2 cm³/mol. The fourth-order valence-electron chi connectivity index (χ4n) is 1.87. The Morgan fingerprint density at radius 2 is 1.71 bits per heavy atom. The van der Waals surface area contributed by atoms with Gasteiger partial charge in [0.1, 0.15) is 0 Å². The van der Waals surface area contributed by atoms with Crippen molar-refractivity contribution < 1.29 is 0 Å². The summed E-state index contributed by atoms with van der Waals surface area (Å²) in [5.74, 6) is 0. The van der Waals surface area contributed by atoms with Gasteiger partial charge in [0.05, 0.1) is 11.6 Å². The molecular formula is C15H22N2. The number of hydrogen-bond donors (Lipinski definition) is 0. The lowest BCUT2D eigenvalue weighted by Gasteiger charge is -2.19. The zero-order valence-electron chi connectivity index (χ0n) is 10.9. The standard InChI is InChI=1S/C15H22N2/c1-3-4-5-6-7-12-17(2)15-10-8-14(13-16)9-11-15/h8-11H,3-7,12H2,1-2H3. The molecule has 92 valence electrons. The molecular weight excluding hydrogens is 208 g/mol. The van der Waals surface area contributed by atoms with Crippen LogP contribution in [0.2, 0.25) is 0 Å². The quantitative estimate of drug-likeness (QED) is 0.663. The number of nitriles is 1. The van der Waals surface area contributed by atoms with Gasteiger partial charge in [0.2, 0.25) is 0 Å². The molecule has 0 saturated heterocycles. The van der Waals surface area contributed by atoms with Crippen molar-refractivity contribution in [2.45, 2.75) is 39.0 Å². The first-order chi connectivity index (χ1) is 8.27. The van der Waals surface area contributed by atoms with Crippen LogP contribution in [-0.4, -0.2) is 13.6 Å². The van der Waals surface area contributed by atoms with E-state index in [1.54, 1.807) is 0 Å². The molecule has 0 unspecified atom stereocenters. The van der Waals surface area contributed by atoms with Crippen molar-refractivity contribution in [3.8, 4) is 6.07 Å². The van der Waals surface area contributed by atoms with Gasteiger partial charge >= 0.3 is 0 Å². The molecule has 0 radical (unpaired) electrons. The molecule has 17 heavy (non-hydrogen) atoms. The Morgan fingerprint density at radius 1 is 1.06 bits per heavy atom. The van der Waals surface area contributed by atoms with Crippen LogP contribution in [-0.2, 0) is 0 Å². The van der Waals surface area contributed by atoms with Gasteiger partial charge in [0, 0.05) is 19.3 Å². The van der Waals surface area contributed by atoms with Gasteiger partial charge in [0.25, 0.3) is 0 Å². The molecule has 0 amide bonds. The Labute approximate surface area is 105 Å². The molecule has 1 rings (SSSR count). The van der Waals surface area contributed by atoms with Crippen molar-refractivity contribution in [3.63, 3.8) is 0 Å². The Balaban J connectivity index is 2.31. The number of benzene rings is 1. The van der Waals surface area contributed by atoms with Crippen LogP contribution in [0.3, 0.4) is 0 Å². The second kappa shape index (κ2) is 7.73. The van der Waals surface area contributed by atoms with Crippen molar-refractivity contribution in [2.24, 2.45) is 0 Å². The second-order valence-electron chi connectivity index (χ2n) is 4.49. The third-order valence-corrected chi connectivity index (χ3v) is 3.03. The van der Waals surface area contributed by atoms with Crippen LogP contribution in [0.5, 0.6) is 0 Å². The monoisotopic (exact) mass is 230 g/mol. The van der Waals surface area contributed by atoms with Crippen LogP contribution in [0.25, 0.3) is 0 Å². The maximum absolute atomic E-state index is 8.73. The molecule has 0 N–H and O–H groups in total. The van der Waals surface area contributed by atoms with Crippen LogP contribution in [0.15, 0.2) is 24.3 Å². The van der Waals surface area contributed by atoms with Crippen LogP contribution in [0.1, 0.15) is 44.6 Å². The summed E-state index contributed by atoms with van der Waals surface area (Å²) in [6.07, 6.45) is 6.55. The molecule has 0 saturated carbocycles. The molecule has 0 aliphatic rings. The van der Waals surface area contributed by atoms with E-state index in [-0.39, 0.29) is 0 Å². The van der Waals surface area contributed by atoms with E-state index in [9.17, 15) is 0 Å². The minimum atomic E-state index is 0.727. The summed E-state index contributed by atoms with van der Waals surface area (Å²) >= 11 is 0. The Kier molecular flexibility index (Phi) is 6.17. The summed E-state index contributed by atoms with van der Waals surface area (Å²) in [6.45, 7) is 3.33. The maximum Gasteiger partial charge on any atom is 0.0991 e. The highest BCUT2D eigenvalue weighted by molar-refractivity contribution is 5.48. The van der Waals surface area contributed by atoms with E-state index in [0.29, 0.717) is 0 Å². The first kappa shape index (κ1) is 13.6. The molecule has 1 aromatic carbocycles. The number of nitrogens with zero attached hydrogens (tertiary/aromatic N) is 2. The molecule has 0 fully saturated rings. The molecule has 0 aliphatic carbocycles. The zero-order chi connectivity index (χ0) is 12.5. The summed E-state index contributed by atoms with van der Waals surface area (Å²) in [7, 11) is 2.11. The van der Waals surface area contributed by atoms with Gasteiger partial charge < -0.3 is 4.90 Å². The number of unbranched alkanes of at least 4 members (excludes halogenated alkanes) is 4. The molecule has 0 aliphatic heterocycles. The minimum absolute atomic E-state index is 0.727. The third kappa shape index (κ3) is 4.91. The molecule has 0 bridgehead atoms. The lowest BCUT2D eigenvalue weighted by Crippen LogP contribution is -2.18. The van der Waals surface area contributed by atoms with E-state index >= 15 is 0 Å². The van der Waals surface area contributed by atoms with Crippen molar-refractivity contribution in [1.29, 1.82) is 5.26 Å².